The molecule has 0 radical (unpaired) electrons. The summed E-state index contributed by atoms with van der Waals surface area (Å²) in [7, 11) is 0. The third kappa shape index (κ3) is 4.38. The highest BCUT2D eigenvalue weighted by Gasteiger charge is 2.27. The lowest BCUT2D eigenvalue weighted by Crippen LogP contribution is -2.09. The SMILES string of the molecule is C=COC(=O)c1ccc(OC(=O)c2ccc3c(c2)C(C)c2cc(OC(=O)C(=C)C)ccc2-3)cc1. The molecule has 0 saturated heterocycles. The molecule has 1 aliphatic carbocycles. The topological polar surface area (TPSA) is 78.9 Å². The van der Waals surface area contributed by atoms with Crippen molar-refractivity contribution in [1.29, 1.82) is 0 Å². The summed E-state index contributed by atoms with van der Waals surface area (Å²) in [5, 5.41) is 0. The predicted molar refractivity (Wildman–Crippen MR) is 127 cm³/mol. The summed E-state index contributed by atoms with van der Waals surface area (Å²) in [4.78, 5) is 36.3. The van der Waals surface area contributed by atoms with Gasteiger partial charge in [0.2, 0.25) is 0 Å². The Morgan fingerprint density at radius 3 is 2.03 bits per heavy atom. The molecule has 0 fully saturated rings. The zero-order valence-electron chi connectivity index (χ0n) is 18.8. The van der Waals surface area contributed by atoms with E-state index in [2.05, 4.69) is 13.2 Å². The summed E-state index contributed by atoms with van der Waals surface area (Å²) in [6, 6.07) is 17.0. The maximum Gasteiger partial charge on any atom is 0.343 e. The van der Waals surface area contributed by atoms with Crippen LogP contribution in [0.4, 0.5) is 0 Å². The molecule has 34 heavy (non-hydrogen) atoms. The van der Waals surface area contributed by atoms with Gasteiger partial charge in [0.05, 0.1) is 17.4 Å². The van der Waals surface area contributed by atoms with Gasteiger partial charge in [-0.3, -0.25) is 0 Å². The van der Waals surface area contributed by atoms with E-state index in [-0.39, 0.29) is 5.92 Å². The Balaban J connectivity index is 1.52. The molecule has 0 saturated carbocycles. The Labute approximate surface area is 197 Å². The van der Waals surface area contributed by atoms with E-state index >= 15 is 0 Å². The van der Waals surface area contributed by atoms with Crippen molar-refractivity contribution in [2.45, 2.75) is 19.8 Å². The Morgan fingerprint density at radius 2 is 1.38 bits per heavy atom. The molecule has 6 nitrogen and oxygen atoms in total. The second-order valence-electron chi connectivity index (χ2n) is 7.93. The van der Waals surface area contributed by atoms with Crippen LogP contribution in [0.1, 0.15) is 51.6 Å². The zero-order chi connectivity index (χ0) is 24.4. The number of hydrogen-bond donors (Lipinski definition) is 0. The molecule has 4 rings (SSSR count). The van der Waals surface area contributed by atoms with Crippen molar-refractivity contribution >= 4 is 17.9 Å². The third-order valence-electron chi connectivity index (χ3n) is 5.58. The highest BCUT2D eigenvalue weighted by atomic mass is 16.5. The summed E-state index contributed by atoms with van der Waals surface area (Å²) >= 11 is 0. The first-order valence-corrected chi connectivity index (χ1v) is 10.6. The van der Waals surface area contributed by atoms with Crippen molar-refractivity contribution in [1.82, 2.24) is 0 Å². The van der Waals surface area contributed by atoms with Crippen LogP contribution in [-0.2, 0) is 9.53 Å². The van der Waals surface area contributed by atoms with Crippen LogP contribution in [0.5, 0.6) is 11.5 Å². The minimum atomic E-state index is -0.544. The fourth-order valence-corrected chi connectivity index (χ4v) is 3.83. The van der Waals surface area contributed by atoms with Gasteiger partial charge in [0, 0.05) is 11.5 Å². The number of rotatable bonds is 6. The first kappa shape index (κ1) is 22.7. The molecule has 0 aliphatic heterocycles. The van der Waals surface area contributed by atoms with Crippen LogP contribution in [0.3, 0.4) is 0 Å². The molecule has 1 aliphatic rings. The van der Waals surface area contributed by atoms with Gasteiger partial charge in [-0.2, -0.15) is 0 Å². The second-order valence-corrected chi connectivity index (χ2v) is 7.93. The fraction of sp³-hybridized carbons (Fsp3) is 0.107. The smallest absolute Gasteiger partial charge is 0.343 e. The van der Waals surface area contributed by atoms with E-state index in [1.54, 1.807) is 19.1 Å². The van der Waals surface area contributed by atoms with Crippen LogP contribution in [-0.4, -0.2) is 17.9 Å². The van der Waals surface area contributed by atoms with Gasteiger partial charge in [0.25, 0.3) is 0 Å². The molecule has 0 N–H and O–H groups in total. The molecular formula is C28H22O6. The number of esters is 3. The van der Waals surface area contributed by atoms with Crippen molar-refractivity contribution in [2.75, 3.05) is 0 Å². The van der Waals surface area contributed by atoms with E-state index in [9.17, 15) is 14.4 Å². The summed E-state index contributed by atoms with van der Waals surface area (Å²) in [6.45, 7) is 10.6. The third-order valence-corrected chi connectivity index (χ3v) is 5.58. The number of benzene rings is 3. The monoisotopic (exact) mass is 454 g/mol. The highest BCUT2D eigenvalue weighted by molar-refractivity contribution is 5.94. The maximum atomic E-state index is 12.8. The number of fused-ring (bicyclic) bond motifs is 3. The van der Waals surface area contributed by atoms with E-state index in [1.165, 1.54) is 24.3 Å². The standard InChI is InChI=1S/C28H22O6/c1-5-32-27(30)18-6-9-20(10-7-18)33-28(31)19-8-12-22-23-13-11-21(34-26(29)16(2)3)15-25(23)17(4)24(22)14-19/h5-15,17H,1-2H2,3-4H3. The van der Waals surface area contributed by atoms with Crippen LogP contribution < -0.4 is 9.47 Å². The number of hydrogen-bond acceptors (Lipinski definition) is 6. The van der Waals surface area contributed by atoms with Crippen molar-refractivity contribution in [2.24, 2.45) is 0 Å². The van der Waals surface area contributed by atoms with Crippen LogP contribution in [0.25, 0.3) is 11.1 Å². The van der Waals surface area contributed by atoms with Gasteiger partial charge in [-0.25, -0.2) is 14.4 Å². The minimum absolute atomic E-state index is 0.00335. The fourth-order valence-electron chi connectivity index (χ4n) is 3.83. The quantitative estimate of drug-likeness (QED) is 0.202. The van der Waals surface area contributed by atoms with Gasteiger partial charge in [-0.05, 0) is 77.7 Å². The van der Waals surface area contributed by atoms with Crippen molar-refractivity contribution in [3.63, 3.8) is 0 Å². The van der Waals surface area contributed by atoms with Gasteiger partial charge in [-0.15, -0.1) is 0 Å². The van der Waals surface area contributed by atoms with Crippen LogP contribution in [0.2, 0.25) is 0 Å². The molecule has 0 aromatic heterocycles. The maximum absolute atomic E-state index is 12.8. The summed E-state index contributed by atoms with van der Waals surface area (Å²) in [5.74, 6) is -0.774. The Kier molecular flexibility index (Phi) is 6.15. The molecule has 1 atom stereocenters. The second kappa shape index (κ2) is 9.19. The molecule has 0 heterocycles. The number of carbonyl (C=O) groups excluding carboxylic acids is 3. The Hall–Kier alpha value is -4.45. The lowest BCUT2D eigenvalue weighted by Gasteiger charge is -2.10. The van der Waals surface area contributed by atoms with E-state index in [4.69, 9.17) is 14.2 Å². The van der Waals surface area contributed by atoms with Crippen molar-refractivity contribution in [3.8, 4) is 22.6 Å². The molecular weight excluding hydrogens is 432 g/mol. The molecule has 1 unspecified atom stereocenters. The highest BCUT2D eigenvalue weighted by Crippen LogP contribution is 2.46. The van der Waals surface area contributed by atoms with Gasteiger partial charge in [-0.1, -0.05) is 32.2 Å². The molecule has 0 spiro atoms. The number of ether oxygens (including phenoxy) is 3. The normalized spacial score (nSPS) is 13.3. The Bertz CT molecular complexity index is 1330. The first-order valence-electron chi connectivity index (χ1n) is 10.6. The van der Waals surface area contributed by atoms with Crippen LogP contribution >= 0.6 is 0 Å². The molecule has 170 valence electrons. The lowest BCUT2D eigenvalue weighted by atomic mass is 9.98. The first-order chi connectivity index (χ1) is 16.3. The van der Waals surface area contributed by atoms with Gasteiger partial charge in [0.1, 0.15) is 11.5 Å². The van der Waals surface area contributed by atoms with E-state index in [0.717, 1.165) is 28.5 Å². The van der Waals surface area contributed by atoms with Gasteiger partial charge in [0.15, 0.2) is 0 Å². The molecule has 3 aromatic carbocycles. The van der Waals surface area contributed by atoms with Crippen molar-refractivity contribution < 1.29 is 28.6 Å². The lowest BCUT2D eigenvalue weighted by molar-refractivity contribution is -0.130. The largest absolute Gasteiger partial charge is 0.432 e. The molecule has 0 amide bonds. The summed E-state index contributed by atoms with van der Waals surface area (Å²) in [6.07, 6.45) is 1.05. The minimum Gasteiger partial charge on any atom is -0.432 e. The summed E-state index contributed by atoms with van der Waals surface area (Å²) in [5.41, 5.74) is 5.08. The zero-order valence-corrected chi connectivity index (χ0v) is 18.8. The van der Waals surface area contributed by atoms with Crippen LogP contribution in [0.15, 0.2) is 85.7 Å². The van der Waals surface area contributed by atoms with E-state index in [0.29, 0.717) is 28.2 Å². The van der Waals surface area contributed by atoms with Crippen LogP contribution in [0, 0.1) is 0 Å². The van der Waals surface area contributed by atoms with E-state index in [1.807, 2.05) is 31.2 Å². The van der Waals surface area contributed by atoms with Crippen molar-refractivity contribution in [3.05, 3.63) is 108 Å². The van der Waals surface area contributed by atoms with Gasteiger partial charge >= 0.3 is 17.9 Å². The summed E-state index contributed by atoms with van der Waals surface area (Å²) < 4.78 is 15.6. The predicted octanol–water partition coefficient (Wildman–Crippen LogP) is 5.82. The molecule has 6 heteroatoms. The Morgan fingerprint density at radius 1 is 0.794 bits per heavy atom. The molecule has 0 bridgehead atoms. The average Bonchev–Trinajstić information content (AvgIpc) is 3.10. The van der Waals surface area contributed by atoms with Gasteiger partial charge < -0.3 is 14.2 Å². The molecule has 3 aromatic rings. The number of carbonyl (C=O) groups is 3. The average molecular weight is 454 g/mol. The van der Waals surface area contributed by atoms with E-state index < -0.39 is 17.9 Å².